The molecule has 1 aliphatic rings. The maximum Gasteiger partial charge on any atom is 0.335 e. The second kappa shape index (κ2) is 7.08. The largest absolute Gasteiger partial charge is 0.472 e. The summed E-state index contributed by atoms with van der Waals surface area (Å²) in [4.78, 5) is 28.5. The fourth-order valence-electron chi connectivity index (χ4n) is 2.40. The summed E-state index contributed by atoms with van der Waals surface area (Å²) < 4.78 is 10.8. The SMILES string of the molecule is C[C@H]1OC(c2ccccc2)=N[C@H]1C(=O)OCC(=O)c1ccccc1. The quantitative estimate of drug-likeness (QED) is 0.627. The van der Waals surface area contributed by atoms with Gasteiger partial charge in [-0.1, -0.05) is 48.5 Å². The number of nitrogens with zero attached hydrogens (tertiary/aromatic N) is 1. The molecule has 0 aliphatic carbocycles. The van der Waals surface area contributed by atoms with Crippen LogP contribution in [0.5, 0.6) is 0 Å². The van der Waals surface area contributed by atoms with Crippen molar-refractivity contribution in [3.05, 3.63) is 71.8 Å². The first-order valence-electron chi connectivity index (χ1n) is 7.70. The molecule has 0 N–H and O–H groups in total. The lowest BCUT2D eigenvalue weighted by molar-refractivity contribution is -0.145. The summed E-state index contributed by atoms with van der Waals surface area (Å²) in [6, 6.07) is 17.3. The number of benzene rings is 2. The van der Waals surface area contributed by atoms with Crippen LogP contribution in [0.1, 0.15) is 22.8 Å². The van der Waals surface area contributed by atoms with Gasteiger partial charge in [0.05, 0.1) is 0 Å². The number of Topliss-reactive ketones (excluding diaryl/α,β-unsaturated/α-hetero) is 1. The van der Waals surface area contributed by atoms with Crippen molar-refractivity contribution in [1.29, 1.82) is 0 Å². The minimum atomic E-state index is -0.760. The van der Waals surface area contributed by atoms with Gasteiger partial charge in [0.2, 0.25) is 5.90 Å². The predicted molar refractivity (Wildman–Crippen MR) is 89.0 cm³/mol. The van der Waals surface area contributed by atoms with Crippen LogP contribution in [0, 0.1) is 0 Å². The van der Waals surface area contributed by atoms with Crippen molar-refractivity contribution in [2.45, 2.75) is 19.1 Å². The summed E-state index contributed by atoms with van der Waals surface area (Å²) in [5, 5.41) is 0. The van der Waals surface area contributed by atoms with E-state index in [0.29, 0.717) is 11.5 Å². The number of hydrogen-bond acceptors (Lipinski definition) is 5. The molecule has 1 heterocycles. The van der Waals surface area contributed by atoms with Gasteiger partial charge in [-0.2, -0.15) is 0 Å². The lowest BCUT2D eigenvalue weighted by Gasteiger charge is -2.12. The van der Waals surface area contributed by atoms with Gasteiger partial charge in [-0.25, -0.2) is 9.79 Å². The van der Waals surface area contributed by atoms with Crippen molar-refractivity contribution in [1.82, 2.24) is 0 Å². The number of carbonyl (C=O) groups is 2. The first-order valence-corrected chi connectivity index (χ1v) is 7.70. The third-order valence-electron chi connectivity index (χ3n) is 3.70. The van der Waals surface area contributed by atoms with Crippen LogP contribution >= 0.6 is 0 Å². The molecule has 24 heavy (non-hydrogen) atoms. The number of rotatable bonds is 5. The average molecular weight is 323 g/mol. The van der Waals surface area contributed by atoms with Gasteiger partial charge in [-0.3, -0.25) is 4.79 Å². The Morgan fingerprint density at radius 2 is 1.67 bits per heavy atom. The van der Waals surface area contributed by atoms with Crippen LogP contribution in [-0.4, -0.2) is 36.4 Å². The number of esters is 1. The van der Waals surface area contributed by atoms with E-state index in [1.807, 2.05) is 36.4 Å². The zero-order valence-electron chi connectivity index (χ0n) is 13.2. The topological polar surface area (TPSA) is 65.0 Å². The molecule has 0 spiro atoms. The minimum Gasteiger partial charge on any atom is -0.472 e. The maximum absolute atomic E-state index is 12.2. The van der Waals surface area contributed by atoms with Gasteiger partial charge < -0.3 is 9.47 Å². The van der Waals surface area contributed by atoms with Crippen LogP contribution in [0.25, 0.3) is 0 Å². The molecule has 0 saturated heterocycles. The van der Waals surface area contributed by atoms with Crippen molar-refractivity contribution in [3.63, 3.8) is 0 Å². The number of aliphatic imine (C=N–C) groups is 1. The highest BCUT2D eigenvalue weighted by atomic mass is 16.5. The van der Waals surface area contributed by atoms with Crippen LogP contribution in [0.15, 0.2) is 65.7 Å². The van der Waals surface area contributed by atoms with E-state index in [2.05, 4.69) is 4.99 Å². The Morgan fingerprint density at radius 3 is 2.33 bits per heavy atom. The van der Waals surface area contributed by atoms with Crippen LogP contribution < -0.4 is 0 Å². The molecule has 0 unspecified atom stereocenters. The monoisotopic (exact) mass is 323 g/mol. The first-order chi connectivity index (χ1) is 11.6. The van der Waals surface area contributed by atoms with Crippen molar-refractivity contribution < 1.29 is 19.1 Å². The Hall–Kier alpha value is -2.95. The molecular weight excluding hydrogens is 306 g/mol. The molecule has 122 valence electrons. The van der Waals surface area contributed by atoms with E-state index in [-0.39, 0.29) is 12.4 Å². The first kappa shape index (κ1) is 15.9. The van der Waals surface area contributed by atoms with Gasteiger partial charge in [-0.15, -0.1) is 0 Å². The molecular formula is C19H17NO4. The van der Waals surface area contributed by atoms with E-state index in [0.717, 1.165) is 5.56 Å². The Balaban J connectivity index is 1.63. The highest BCUT2D eigenvalue weighted by Crippen LogP contribution is 2.19. The van der Waals surface area contributed by atoms with Gasteiger partial charge in [0.25, 0.3) is 0 Å². The zero-order chi connectivity index (χ0) is 16.9. The molecule has 0 bridgehead atoms. The maximum atomic E-state index is 12.2. The van der Waals surface area contributed by atoms with Gasteiger partial charge in [-0.05, 0) is 19.1 Å². The fraction of sp³-hybridized carbons (Fsp3) is 0.211. The number of hydrogen-bond donors (Lipinski definition) is 0. The van der Waals surface area contributed by atoms with E-state index in [4.69, 9.17) is 9.47 Å². The molecule has 2 aromatic rings. The number of carbonyl (C=O) groups excluding carboxylic acids is 2. The van der Waals surface area contributed by atoms with Gasteiger partial charge in [0.15, 0.2) is 18.4 Å². The van der Waals surface area contributed by atoms with E-state index in [9.17, 15) is 9.59 Å². The summed E-state index contributed by atoms with van der Waals surface area (Å²) in [6.45, 7) is 1.45. The number of ether oxygens (including phenoxy) is 2. The fourth-order valence-corrected chi connectivity index (χ4v) is 2.40. The second-order valence-electron chi connectivity index (χ2n) is 5.46. The Labute approximate surface area is 139 Å². The minimum absolute atomic E-state index is 0.247. The number of ketones is 1. The summed E-state index contributed by atoms with van der Waals surface area (Å²) in [5.41, 5.74) is 1.31. The van der Waals surface area contributed by atoms with E-state index >= 15 is 0 Å². The second-order valence-corrected chi connectivity index (χ2v) is 5.46. The molecule has 1 aliphatic heterocycles. The van der Waals surface area contributed by atoms with Crippen LogP contribution in [0.4, 0.5) is 0 Å². The standard InChI is InChI=1S/C19H17NO4/c1-13-17(20-18(24-13)15-10-6-3-7-11-15)19(22)23-12-16(21)14-8-4-2-5-9-14/h2-11,13,17H,12H2,1H3/t13-,17-/m1/s1. The molecule has 2 atom stereocenters. The van der Waals surface area contributed by atoms with Crippen molar-refractivity contribution >= 4 is 17.7 Å². The molecule has 0 fully saturated rings. The Morgan fingerprint density at radius 1 is 1.04 bits per heavy atom. The van der Waals surface area contributed by atoms with Crippen LogP contribution in [-0.2, 0) is 14.3 Å². The average Bonchev–Trinajstić information content (AvgIpc) is 3.03. The van der Waals surface area contributed by atoms with E-state index in [1.165, 1.54) is 0 Å². The highest BCUT2D eigenvalue weighted by molar-refractivity contribution is 6.00. The molecule has 5 nitrogen and oxygen atoms in total. The van der Waals surface area contributed by atoms with Crippen LogP contribution in [0.3, 0.4) is 0 Å². The van der Waals surface area contributed by atoms with Crippen LogP contribution in [0.2, 0.25) is 0 Å². The molecule has 0 amide bonds. The normalized spacial score (nSPS) is 19.3. The third kappa shape index (κ3) is 3.51. The predicted octanol–water partition coefficient (Wildman–Crippen LogP) is 2.65. The van der Waals surface area contributed by atoms with Crippen molar-refractivity contribution in [2.24, 2.45) is 4.99 Å². The Kier molecular flexibility index (Phi) is 4.70. The molecule has 3 rings (SSSR count). The summed E-state index contributed by atoms with van der Waals surface area (Å²) in [7, 11) is 0. The lowest BCUT2D eigenvalue weighted by Crippen LogP contribution is -2.31. The third-order valence-corrected chi connectivity index (χ3v) is 3.70. The van der Waals surface area contributed by atoms with Gasteiger partial charge in [0.1, 0.15) is 6.10 Å². The van der Waals surface area contributed by atoms with E-state index < -0.39 is 18.1 Å². The molecule has 2 aromatic carbocycles. The van der Waals surface area contributed by atoms with Crippen molar-refractivity contribution in [3.8, 4) is 0 Å². The lowest BCUT2D eigenvalue weighted by atomic mass is 10.1. The van der Waals surface area contributed by atoms with Gasteiger partial charge in [0, 0.05) is 11.1 Å². The summed E-state index contributed by atoms with van der Waals surface area (Å²) in [5.74, 6) is -0.389. The van der Waals surface area contributed by atoms with Crippen molar-refractivity contribution in [2.75, 3.05) is 6.61 Å². The molecule has 0 aromatic heterocycles. The molecule has 0 saturated carbocycles. The zero-order valence-corrected chi connectivity index (χ0v) is 13.2. The Bertz CT molecular complexity index is 755. The molecule has 0 radical (unpaired) electrons. The smallest absolute Gasteiger partial charge is 0.335 e. The summed E-state index contributed by atoms with van der Waals surface area (Å²) in [6.07, 6.45) is -0.431. The summed E-state index contributed by atoms with van der Waals surface area (Å²) >= 11 is 0. The highest BCUT2D eigenvalue weighted by Gasteiger charge is 2.35. The van der Waals surface area contributed by atoms with Gasteiger partial charge >= 0.3 is 5.97 Å². The molecule has 5 heteroatoms. The van der Waals surface area contributed by atoms with E-state index in [1.54, 1.807) is 31.2 Å².